The highest BCUT2D eigenvalue weighted by atomic mass is 16.5. The van der Waals surface area contributed by atoms with Crippen LogP contribution in [0, 0.1) is 35.0 Å². The summed E-state index contributed by atoms with van der Waals surface area (Å²) in [6, 6.07) is 0. The quantitative estimate of drug-likeness (QED) is 0.590. The average Bonchev–Trinajstić information content (AvgIpc) is 3.12. The molecule has 1 aliphatic heterocycles. The van der Waals surface area contributed by atoms with E-state index in [0.29, 0.717) is 17.6 Å². The van der Waals surface area contributed by atoms with E-state index in [9.17, 15) is 4.79 Å². The summed E-state index contributed by atoms with van der Waals surface area (Å²) in [6.45, 7) is 5.44. The van der Waals surface area contributed by atoms with Crippen molar-refractivity contribution < 1.29 is 9.53 Å². The Bertz CT molecular complexity index is 585. The monoisotopic (exact) mass is 328 g/mol. The maximum Gasteiger partial charge on any atom is 0.141 e. The predicted molar refractivity (Wildman–Crippen MR) is 94.6 cm³/mol. The number of ether oxygens (including phenoxy) is 1. The summed E-state index contributed by atoms with van der Waals surface area (Å²) in [5.41, 5.74) is 1.93. The summed E-state index contributed by atoms with van der Waals surface area (Å²) in [5, 5.41) is 0. The Balaban J connectivity index is 1.42. The van der Waals surface area contributed by atoms with Crippen LogP contribution in [0.3, 0.4) is 0 Å². The van der Waals surface area contributed by atoms with Crippen molar-refractivity contribution in [3.63, 3.8) is 0 Å². The van der Waals surface area contributed by atoms with E-state index in [0.717, 1.165) is 37.2 Å². The maximum atomic E-state index is 12.8. The molecule has 5 aliphatic rings. The molecule has 24 heavy (non-hydrogen) atoms. The molecular weight excluding hydrogens is 296 g/mol. The SMILES string of the molecule is C[C@@H]1CC2C3CC=C4CC5(CCCO5)CCC4C3CCC2(C)C1=O. The highest BCUT2D eigenvalue weighted by Gasteiger charge is 2.58. The van der Waals surface area contributed by atoms with Gasteiger partial charge >= 0.3 is 0 Å². The smallest absolute Gasteiger partial charge is 0.141 e. The van der Waals surface area contributed by atoms with Crippen molar-refractivity contribution in [3.05, 3.63) is 11.6 Å². The van der Waals surface area contributed by atoms with Gasteiger partial charge in [-0.15, -0.1) is 0 Å². The molecule has 0 bridgehead atoms. The average molecular weight is 328 g/mol. The molecule has 1 saturated heterocycles. The van der Waals surface area contributed by atoms with Crippen molar-refractivity contribution in [2.45, 2.75) is 77.2 Å². The molecule has 6 unspecified atom stereocenters. The normalized spacial score (nSPS) is 53.5. The fraction of sp³-hybridized carbons (Fsp3) is 0.864. The van der Waals surface area contributed by atoms with Gasteiger partial charge in [0.15, 0.2) is 0 Å². The van der Waals surface area contributed by atoms with Gasteiger partial charge in [0.1, 0.15) is 5.78 Å². The van der Waals surface area contributed by atoms with Crippen molar-refractivity contribution in [1.82, 2.24) is 0 Å². The lowest BCUT2D eigenvalue weighted by Crippen LogP contribution is -2.47. The van der Waals surface area contributed by atoms with Crippen molar-refractivity contribution >= 4 is 5.78 Å². The van der Waals surface area contributed by atoms with E-state index in [1.807, 2.05) is 0 Å². The van der Waals surface area contributed by atoms with Crippen LogP contribution >= 0.6 is 0 Å². The van der Waals surface area contributed by atoms with E-state index in [-0.39, 0.29) is 11.0 Å². The minimum Gasteiger partial charge on any atom is -0.375 e. The van der Waals surface area contributed by atoms with Gasteiger partial charge in [-0.1, -0.05) is 25.5 Å². The number of carbonyl (C=O) groups excluding carboxylic acids is 1. The molecule has 3 saturated carbocycles. The van der Waals surface area contributed by atoms with Crippen LogP contribution in [0.25, 0.3) is 0 Å². The fourth-order valence-electron chi connectivity index (χ4n) is 7.55. The first-order valence-corrected chi connectivity index (χ1v) is 10.4. The van der Waals surface area contributed by atoms with Crippen LogP contribution in [-0.2, 0) is 9.53 Å². The zero-order valence-corrected chi connectivity index (χ0v) is 15.4. The molecule has 1 spiro atoms. The molecular formula is C22H32O2. The fourth-order valence-corrected chi connectivity index (χ4v) is 7.55. The zero-order valence-electron chi connectivity index (χ0n) is 15.4. The molecule has 4 fully saturated rings. The van der Waals surface area contributed by atoms with Gasteiger partial charge in [0, 0.05) is 17.9 Å². The van der Waals surface area contributed by atoms with Crippen molar-refractivity contribution in [2.75, 3.05) is 6.61 Å². The van der Waals surface area contributed by atoms with Crippen molar-refractivity contribution in [1.29, 1.82) is 0 Å². The summed E-state index contributed by atoms with van der Waals surface area (Å²) in [7, 11) is 0. The van der Waals surface area contributed by atoms with E-state index in [4.69, 9.17) is 4.74 Å². The second-order valence-electron chi connectivity index (χ2n) is 9.86. The van der Waals surface area contributed by atoms with Gasteiger partial charge in [-0.05, 0) is 81.5 Å². The Kier molecular flexibility index (Phi) is 3.38. The Morgan fingerprint density at radius 1 is 1.17 bits per heavy atom. The van der Waals surface area contributed by atoms with Gasteiger partial charge in [-0.25, -0.2) is 0 Å². The second-order valence-corrected chi connectivity index (χ2v) is 9.86. The molecule has 0 amide bonds. The predicted octanol–water partition coefficient (Wildman–Crippen LogP) is 4.92. The van der Waals surface area contributed by atoms with Crippen LogP contribution in [0.1, 0.15) is 71.6 Å². The highest BCUT2D eigenvalue weighted by molar-refractivity contribution is 5.89. The Labute approximate surface area is 146 Å². The van der Waals surface area contributed by atoms with Crippen molar-refractivity contribution in [3.8, 4) is 0 Å². The summed E-state index contributed by atoms with van der Waals surface area (Å²) in [5.74, 6) is 3.93. The van der Waals surface area contributed by atoms with Gasteiger partial charge in [-0.2, -0.15) is 0 Å². The largest absolute Gasteiger partial charge is 0.375 e. The molecule has 5 rings (SSSR count). The number of hydrogen-bond acceptors (Lipinski definition) is 2. The molecule has 2 heteroatoms. The molecule has 0 N–H and O–H groups in total. The maximum absolute atomic E-state index is 12.8. The van der Waals surface area contributed by atoms with Crippen LogP contribution in [-0.4, -0.2) is 18.0 Å². The van der Waals surface area contributed by atoms with E-state index in [1.165, 1.54) is 44.9 Å². The summed E-state index contributed by atoms with van der Waals surface area (Å²) in [4.78, 5) is 12.8. The third kappa shape index (κ3) is 2.01. The summed E-state index contributed by atoms with van der Waals surface area (Å²) in [6.07, 6.45) is 13.7. The van der Waals surface area contributed by atoms with E-state index in [1.54, 1.807) is 5.57 Å². The van der Waals surface area contributed by atoms with E-state index in [2.05, 4.69) is 19.9 Å². The number of hydrogen-bond donors (Lipinski definition) is 0. The lowest BCUT2D eigenvalue weighted by Gasteiger charge is -2.53. The minimum atomic E-state index is -0.00359. The van der Waals surface area contributed by atoms with Gasteiger partial charge < -0.3 is 4.74 Å². The van der Waals surface area contributed by atoms with Crippen LogP contribution in [0.5, 0.6) is 0 Å². The number of Topliss-reactive ketones (excluding diaryl/α,β-unsaturated/α-hetero) is 1. The number of carbonyl (C=O) groups is 1. The second kappa shape index (κ2) is 5.19. The number of allylic oxidation sites excluding steroid dienone is 1. The van der Waals surface area contributed by atoms with Gasteiger partial charge in [0.05, 0.1) is 5.60 Å². The first-order chi connectivity index (χ1) is 11.5. The topological polar surface area (TPSA) is 26.3 Å². The van der Waals surface area contributed by atoms with Crippen LogP contribution in [0.15, 0.2) is 11.6 Å². The van der Waals surface area contributed by atoms with Gasteiger partial charge in [-0.3, -0.25) is 4.79 Å². The third-order valence-corrected chi connectivity index (χ3v) is 8.77. The molecule has 4 aliphatic carbocycles. The molecule has 132 valence electrons. The van der Waals surface area contributed by atoms with Gasteiger partial charge in [0.25, 0.3) is 0 Å². The van der Waals surface area contributed by atoms with Crippen LogP contribution in [0.2, 0.25) is 0 Å². The lowest BCUT2D eigenvalue weighted by molar-refractivity contribution is -0.133. The molecule has 1 heterocycles. The third-order valence-electron chi connectivity index (χ3n) is 8.77. The highest BCUT2D eigenvalue weighted by Crippen LogP contribution is 2.62. The van der Waals surface area contributed by atoms with E-state index >= 15 is 0 Å². The molecule has 7 atom stereocenters. The molecule has 0 aromatic carbocycles. The number of rotatable bonds is 0. The number of fused-ring (bicyclic) bond motifs is 5. The molecule has 2 nitrogen and oxygen atoms in total. The Morgan fingerprint density at radius 3 is 2.83 bits per heavy atom. The summed E-state index contributed by atoms with van der Waals surface area (Å²) >= 11 is 0. The zero-order chi connectivity index (χ0) is 16.5. The first-order valence-electron chi connectivity index (χ1n) is 10.4. The van der Waals surface area contributed by atoms with E-state index < -0.39 is 0 Å². The standard InChI is InChI=1S/C22H32O2/c1-14-12-19-18-5-4-15-13-22(8-3-11-24-22)10-7-16(15)17(18)6-9-21(19,2)20(14)23/h4,14,16-19H,3,5-13H2,1-2H3/t14-,16?,17?,18?,19?,21?,22?/m1/s1. The Morgan fingerprint density at radius 2 is 2.04 bits per heavy atom. The Hall–Kier alpha value is -0.630. The van der Waals surface area contributed by atoms with Crippen LogP contribution in [0.4, 0.5) is 0 Å². The van der Waals surface area contributed by atoms with Crippen molar-refractivity contribution in [2.24, 2.45) is 35.0 Å². The summed E-state index contributed by atoms with van der Waals surface area (Å²) < 4.78 is 6.19. The lowest BCUT2D eigenvalue weighted by atomic mass is 9.52. The minimum absolute atomic E-state index is 0.00359. The van der Waals surface area contributed by atoms with Crippen LogP contribution < -0.4 is 0 Å². The van der Waals surface area contributed by atoms with Gasteiger partial charge in [0.2, 0.25) is 0 Å². The molecule has 0 aromatic rings. The molecule has 0 aromatic heterocycles. The first kappa shape index (κ1) is 15.6. The molecule has 0 radical (unpaired) electrons. The number of ketones is 1.